The summed E-state index contributed by atoms with van der Waals surface area (Å²) in [5.74, 6) is 0.977. The van der Waals surface area contributed by atoms with Crippen molar-refractivity contribution in [2.24, 2.45) is 5.92 Å². The Labute approximate surface area is 153 Å². The van der Waals surface area contributed by atoms with Crippen LogP contribution in [0.5, 0.6) is 11.5 Å². The smallest absolute Gasteiger partial charge is 0.262 e. The number of hydrogen-bond acceptors (Lipinski definition) is 4. The minimum absolute atomic E-state index is 0.164. The van der Waals surface area contributed by atoms with Gasteiger partial charge < -0.3 is 20.1 Å². The van der Waals surface area contributed by atoms with Gasteiger partial charge in [0.15, 0.2) is 6.61 Å². The number of ether oxygens (including phenoxy) is 2. The summed E-state index contributed by atoms with van der Waals surface area (Å²) >= 11 is 0. The number of carbonyl (C=O) groups is 1. The second-order valence-electron chi connectivity index (χ2n) is 6.21. The monoisotopic (exact) mass is 360 g/mol. The maximum atomic E-state index is 12.9. The van der Waals surface area contributed by atoms with E-state index >= 15 is 0 Å². The average molecular weight is 360 g/mol. The van der Waals surface area contributed by atoms with E-state index in [2.05, 4.69) is 24.5 Å². The Morgan fingerprint density at radius 1 is 1.04 bits per heavy atom. The zero-order valence-electron chi connectivity index (χ0n) is 15.3. The van der Waals surface area contributed by atoms with Gasteiger partial charge in [-0.3, -0.25) is 4.79 Å². The summed E-state index contributed by atoms with van der Waals surface area (Å²) < 4.78 is 23.8. The van der Waals surface area contributed by atoms with Crippen LogP contribution in [0.25, 0.3) is 0 Å². The van der Waals surface area contributed by atoms with E-state index in [1.165, 1.54) is 24.3 Å². The van der Waals surface area contributed by atoms with Crippen molar-refractivity contribution in [2.75, 3.05) is 30.4 Å². The molecule has 5 nitrogen and oxygen atoms in total. The Morgan fingerprint density at radius 2 is 1.73 bits per heavy atom. The van der Waals surface area contributed by atoms with Crippen LogP contribution < -0.4 is 20.1 Å². The van der Waals surface area contributed by atoms with Crippen molar-refractivity contribution < 1.29 is 18.7 Å². The summed E-state index contributed by atoms with van der Waals surface area (Å²) in [5.41, 5.74) is 1.45. The molecule has 0 unspecified atom stereocenters. The number of nitrogens with one attached hydrogen (secondary N) is 2. The summed E-state index contributed by atoms with van der Waals surface area (Å²) in [6.45, 7) is 7.31. The fraction of sp³-hybridized carbons (Fsp3) is 0.350. The van der Waals surface area contributed by atoms with Crippen LogP contribution in [0.15, 0.2) is 42.5 Å². The maximum Gasteiger partial charge on any atom is 0.262 e. The lowest BCUT2D eigenvalue weighted by Gasteiger charge is -2.16. The van der Waals surface area contributed by atoms with Crippen molar-refractivity contribution in [1.82, 2.24) is 0 Å². The molecule has 0 aliphatic carbocycles. The molecule has 0 heterocycles. The molecule has 0 radical (unpaired) electrons. The minimum Gasteiger partial charge on any atom is -0.494 e. The van der Waals surface area contributed by atoms with Gasteiger partial charge in [0, 0.05) is 12.6 Å². The van der Waals surface area contributed by atoms with E-state index in [0.717, 1.165) is 18.0 Å². The quantitative estimate of drug-likeness (QED) is 0.700. The highest BCUT2D eigenvalue weighted by Crippen LogP contribution is 2.27. The van der Waals surface area contributed by atoms with Crippen LogP contribution in [-0.4, -0.2) is 25.7 Å². The molecular formula is C20H25FN2O3. The van der Waals surface area contributed by atoms with Crippen LogP contribution in [0, 0.1) is 11.7 Å². The third kappa shape index (κ3) is 6.27. The lowest BCUT2D eigenvalue weighted by molar-refractivity contribution is -0.118. The summed E-state index contributed by atoms with van der Waals surface area (Å²) in [5, 5.41) is 6.15. The predicted molar refractivity (Wildman–Crippen MR) is 101 cm³/mol. The normalized spacial score (nSPS) is 10.5. The van der Waals surface area contributed by atoms with Crippen LogP contribution in [0.3, 0.4) is 0 Å². The molecule has 0 aliphatic rings. The van der Waals surface area contributed by atoms with E-state index in [1.54, 1.807) is 12.1 Å². The van der Waals surface area contributed by atoms with Crippen LogP contribution in [0.4, 0.5) is 15.8 Å². The van der Waals surface area contributed by atoms with Gasteiger partial charge in [-0.05, 0) is 49.2 Å². The van der Waals surface area contributed by atoms with Crippen LogP contribution >= 0.6 is 0 Å². The highest BCUT2D eigenvalue weighted by Gasteiger charge is 2.10. The molecule has 2 N–H and O–H groups in total. The van der Waals surface area contributed by atoms with E-state index < -0.39 is 0 Å². The SMILES string of the molecule is CCOc1ccc(NC(=O)COc2ccc(F)cc2)c(NCC(C)C)c1. The average Bonchev–Trinajstić information content (AvgIpc) is 2.61. The topological polar surface area (TPSA) is 59.6 Å². The molecule has 0 aromatic heterocycles. The number of anilines is 2. The Morgan fingerprint density at radius 3 is 2.38 bits per heavy atom. The van der Waals surface area contributed by atoms with Gasteiger partial charge >= 0.3 is 0 Å². The third-order valence-electron chi connectivity index (χ3n) is 3.46. The molecule has 6 heteroatoms. The Kier molecular flexibility index (Phi) is 7.26. The zero-order valence-corrected chi connectivity index (χ0v) is 15.3. The maximum absolute atomic E-state index is 12.9. The summed E-state index contributed by atoms with van der Waals surface area (Å²) in [6.07, 6.45) is 0. The van der Waals surface area contributed by atoms with Crippen molar-refractivity contribution in [3.8, 4) is 11.5 Å². The number of benzene rings is 2. The molecule has 0 bridgehead atoms. The van der Waals surface area contributed by atoms with Crippen molar-refractivity contribution in [2.45, 2.75) is 20.8 Å². The zero-order chi connectivity index (χ0) is 18.9. The van der Waals surface area contributed by atoms with E-state index in [4.69, 9.17) is 9.47 Å². The van der Waals surface area contributed by atoms with E-state index in [1.807, 2.05) is 13.0 Å². The molecule has 2 aromatic carbocycles. The summed E-state index contributed by atoms with van der Waals surface area (Å²) in [7, 11) is 0. The number of hydrogen-bond donors (Lipinski definition) is 2. The molecule has 0 saturated heterocycles. The summed E-state index contributed by atoms with van der Waals surface area (Å²) in [6, 6.07) is 11.0. The number of amides is 1. The highest BCUT2D eigenvalue weighted by atomic mass is 19.1. The standard InChI is InChI=1S/C20H25FN2O3/c1-4-25-17-9-10-18(19(11-17)22-12-14(2)3)23-20(24)13-26-16-7-5-15(21)6-8-16/h5-11,14,22H,4,12-13H2,1-3H3,(H,23,24). The van der Waals surface area contributed by atoms with Gasteiger partial charge in [-0.25, -0.2) is 4.39 Å². The van der Waals surface area contributed by atoms with Crippen LogP contribution in [0.1, 0.15) is 20.8 Å². The fourth-order valence-corrected chi connectivity index (χ4v) is 2.22. The minimum atomic E-state index is -0.350. The molecule has 140 valence electrons. The molecule has 26 heavy (non-hydrogen) atoms. The van der Waals surface area contributed by atoms with Gasteiger partial charge in [-0.15, -0.1) is 0 Å². The Hall–Kier alpha value is -2.76. The highest BCUT2D eigenvalue weighted by molar-refractivity contribution is 5.95. The van der Waals surface area contributed by atoms with Crippen LogP contribution in [-0.2, 0) is 4.79 Å². The fourth-order valence-electron chi connectivity index (χ4n) is 2.22. The van der Waals surface area contributed by atoms with Gasteiger partial charge in [-0.1, -0.05) is 13.8 Å². The van der Waals surface area contributed by atoms with E-state index in [0.29, 0.717) is 24.0 Å². The first kappa shape index (κ1) is 19.6. The number of carbonyl (C=O) groups excluding carboxylic acids is 1. The van der Waals surface area contributed by atoms with E-state index in [9.17, 15) is 9.18 Å². The number of halogens is 1. The lowest BCUT2D eigenvalue weighted by Crippen LogP contribution is -2.21. The molecule has 0 saturated carbocycles. The summed E-state index contributed by atoms with van der Waals surface area (Å²) in [4.78, 5) is 12.2. The molecule has 1 amide bonds. The largest absolute Gasteiger partial charge is 0.494 e. The second-order valence-corrected chi connectivity index (χ2v) is 6.21. The first-order valence-corrected chi connectivity index (χ1v) is 8.67. The predicted octanol–water partition coefficient (Wildman–Crippen LogP) is 4.31. The van der Waals surface area contributed by atoms with Crippen LogP contribution in [0.2, 0.25) is 0 Å². The first-order valence-electron chi connectivity index (χ1n) is 8.67. The third-order valence-corrected chi connectivity index (χ3v) is 3.46. The molecule has 0 fully saturated rings. The molecule has 0 atom stereocenters. The second kappa shape index (κ2) is 9.65. The van der Waals surface area contributed by atoms with Gasteiger partial charge in [-0.2, -0.15) is 0 Å². The first-order chi connectivity index (χ1) is 12.5. The molecule has 2 aromatic rings. The Bertz CT molecular complexity index is 717. The van der Waals surface area contributed by atoms with Crippen molar-refractivity contribution in [3.63, 3.8) is 0 Å². The molecule has 0 spiro atoms. The lowest BCUT2D eigenvalue weighted by atomic mass is 10.2. The molecule has 2 rings (SSSR count). The van der Waals surface area contributed by atoms with Crippen molar-refractivity contribution >= 4 is 17.3 Å². The van der Waals surface area contributed by atoms with Crippen molar-refractivity contribution in [1.29, 1.82) is 0 Å². The van der Waals surface area contributed by atoms with Gasteiger partial charge in [0.25, 0.3) is 5.91 Å². The molecular weight excluding hydrogens is 335 g/mol. The van der Waals surface area contributed by atoms with Gasteiger partial charge in [0.2, 0.25) is 0 Å². The van der Waals surface area contributed by atoms with Gasteiger partial charge in [0.05, 0.1) is 18.0 Å². The molecule has 0 aliphatic heterocycles. The van der Waals surface area contributed by atoms with Crippen molar-refractivity contribution in [3.05, 3.63) is 48.3 Å². The van der Waals surface area contributed by atoms with E-state index in [-0.39, 0.29) is 18.3 Å². The number of rotatable bonds is 9. The Balaban J connectivity index is 2.01. The van der Waals surface area contributed by atoms with Gasteiger partial charge in [0.1, 0.15) is 17.3 Å².